The van der Waals surface area contributed by atoms with Crippen LogP contribution < -0.4 is 11.1 Å². The molecule has 1 aromatic carbocycles. The summed E-state index contributed by atoms with van der Waals surface area (Å²) in [5.41, 5.74) is 7.30. The molecule has 7 heteroatoms. The van der Waals surface area contributed by atoms with Crippen molar-refractivity contribution in [1.29, 1.82) is 0 Å². The van der Waals surface area contributed by atoms with Gasteiger partial charge in [-0.3, -0.25) is 0 Å². The summed E-state index contributed by atoms with van der Waals surface area (Å²) in [6, 6.07) is 5.17. The third-order valence-electron chi connectivity index (χ3n) is 2.94. The van der Waals surface area contributed by atoms with Gasteiger partial charge < -0.3 is 20.4 Å². The van der Waals surface area contributed by atoms with Gasteiger partial charge in [0.25, 0.3) is 0 Å². The molecular weight excluding hydrogens is 258 g/mol. The molecule has 0 amide bonds. The fourth-order valence-electron chi connectivity index (χ4n) is 1.81. The van der Waals surface area contributed by atoms with Gasteiger partial charge in [0.05, 0.1) is 12.7 Å². The summed E-state index contributed by atoms with van der Waals surface area (Å²) in [4.78, 5) is 11.5. The maximum atomic E-state index is 11.5. The molecule has 0 spiro atoms. The summed E-state index contributed by atoms with van der Waals surface area (Å²) in [5.74, 6) is 0.445. The van der Waals surface area contributed by atoms with Crippen molar-refractivity contribution < 1.29 is 9.53 Å². The van der Waals surface area contributed by atoms with Crippen molar-refractivity contribution in [3.8, 4) is 0 Å². The van der Waals surface area contributed by atoms with Gasteiger partial charge in [-0.05, 0) is 18.2 Å². The molecule has 3 N–H and O–H groups in total. The van der Waals surface area contributed by atoms with Gasteiger partial charge in [0, 0.05) is 31.4 Å². The zero-order valence-electron chi connectivity index (χ0n) is 11.5. The summed E-state index contributed by atoms with van der Waals surface area (Å²) in [6.45, 7) is 0.678. The standard InChI is InChI=1S/C13H17N5O2/c1-18-8-16-17-12(18)5-6-15-9-3-4-11(14)10(7-9)13(19)20-2/h3-4,7-8,15H,5-6,14H2,1-2H3. The molecule has 7 nitrogen and oxygen atoms in total. The van der Waals surface area contributed by atoms with Crippen LogP contribution in [-0.4, -0.2) is 34.4 Å². The second-order valence-corrected chi connectivity index (χ2v) is 4.33. The fourth-order valence-corrected chi connectivity index (χ4v) is 1.81. The summed E-state index contributed by atoms with van der Waals surface area (Å²) >= 11 is 0. The molecule has 0 aliphatic heterocycles. The minimum absolute atomic E-state index is 0.358. The third kappa shape index (κ3) is 3.05. The smallest absolute Gasteiger partial charge is 0.340 e. The second-order valence-electron chi connectivity index (χ2n) is 4.33. The predicted molar refractivity (Wildman–Crippen MR) is 75.4 cm³/mol. The van der Waals surface area contributed by atoms with Gasteiger partial charge in [0.1, 0.15) is 12.2 Å². The molecule has 0 atom stereocenters. The van der Waals surface area contributed by atoms with Crippen LogP contribution in [0.25, 0.3) is 0 Å². The Labute approximate surface area is 116 Å². The number of esters is 1. The van der Waals surface area contributed by atoms with E-state index in [2.05, 4.69) is 20.3 Å². The Balaban J connectivity index is 2.00. The number of aryl methyl sites for hydroxylation is 1. The number of hydrogen-bond acceptors (Lipinski definition) is 6. The van der Waals surface area contributed by atoms with Crippen molar-refractivity contribution in [3.63, 3.8) is 0 Å². The van der Waals surface area contributed by atoms with E-state index in [-0.39, 0.29) is 0 Å². The number of ether oxygens (including phenoxy) is 1. The van der Waals surface area contributed by atoms with Crippen LogP contribution in [0.3, 0.4) is 0 Å². The van der Waals surface area contributed by atoms with E-state index in [4.69, 9.17) is 5.73 Å². The van der Waals surface area contributed by atoms with E-state index in [1.807, 2.05) is 17.7 Å². The Hall–Kier alpha value is -2.57. The zero-order valence-corrected chi connectivity index (χ0v) is 11.5. The lowest BCUT2D eigenvalue weighted by atomic mass is 10.1. The molecule has 20 heavy (non-hydrogen) atoms. The van der Waals surface area contributed by atoms with Crippen LogP contribution in [-0.2, 0) is 18.2 Å². The van der Waals surface area contributed by atoms with Crippen molar-refractivity contribution >= 4 is 17.3 Å². The van der Waals surface area contributed by atoms with E-state index in [0.717, 1.165) is 17.9 Å². The molecule has 0 aliphatic carbocycles. The first-order valence-corrected chi connectivity index (χ1v) is 6.16. The Morgan fingerprint density at radius 3 is 2.95 bits per heavy atom. The van der Waals surface area contributed by atoms with E-state index in [1.165, 1.54) is 7.11 Å². The number of benzene rings is 1. The predicted octanol–water partition coefficient (Wildman–Crippen LogP) is 0.838. The number of nitrogens with zero attached hydrogens (tertiary/aromatic N) is 3. The summed E-state index contributed by atoms with van der Waals surface area (Å²) in [7, 11) is 3.23. The van der Waals surface area contributed by atoms with Crippen LogP contribution in [0.2, 0.25) is 0 Å². The number of anilines is 2. The maximum absolute atomic E-state index is 11.5. The monoisotopic (exact) mass is 275 g/mol. The van der Waals surface area contributed by atoms with E-state index in [1.54, 1.807) is 18.5 Å². The largest absolute Gasteiger partial charge is 0.465 e. The molecular formula is C13H17N5O2. The number of methoxy groups -OCH3 is 1. The van der Waals surface area contributed by atoms with E-state index < -0.39 is 5.97 Å². The van der Waals surface area contributed by atoms with Crippen molar-refractivity contribution in [2.24, 2.45) is 7.05 Å². The van der Waals surface area contributed by atoms with Gasteiger partial charge in [0.15, 0.2) is 0 Å². The lowest BCUT2D eigenvalue weighted by molar-refractivity contribution is 0.0602. The fraction of sp³-hybridized carbons (Fsp3) is 0.308. The van der Waals surface area contributed by atoms with E-state index in [9.17, 15) is 4.79 Å². The minimum atomic E-state index is -0.445. The molecule has 1 heterocycles. The molecule has 0 aliphatic rings. The van der Waals surface area contributed by atoms with Gasteiger partial charge >= 0.3 is 5.97 Å². The van der Waals surface area contributed by atoms with Crippen LogP contribution in [0.1, 0.15) is 16.2 Å². The molecule has 0 saturated carbocycles. The molecule has 0 radical (unpaired) electrons. The highest BCUT2D eigenvalue weighted by Gasteiger charge is 2.10. The van der Waals surface area contributed by atoms with Gasteiger partial charge in [-0.25, -0.2) is 4.79 Å². The number of carbonyl (C=O) groups is 1. The maximum Gasteiger partial charge on any atom is 0.340 e. The number of nitrogens with two attached hydrogens (primary N) is 1. The number of aromatic nitrogens is 3. The minimum Gasteiger partial charge on any atom is -0.465 e. The van der Waals surface area contributed by atoms with Gasteiger partial charge in [-0.1, -0.05) is 0 Å². The van der Waals surface area contributed by atoms with Gasteiger partial charge in [-0.15, -0.1) is 10.2 Å². The van der Waals surface area contributed by atoms with Crippen molar-refractivity contribution in [1.82, 2.24) is 14.8 Å². The topological polar surface area (TPSA) is 95.1 Å². The number of nitrogen functional groups attached to an aromatic ring is 1. The molecule has 0 bridgehead atoms. The van der Waals surface area contributed by atoms with Crippen molar-refractivity contribution in [2.75, 3.05) is 24.7 Å². The SMILES string of the molecule is COC(=O)c1cc(NCCc2nncn2C)ccc1N. The number of carbonyl (C=O) groups excluding carboxylic acids is 1. The Morgan fingerprint density at radius 1 is 1.50 bits per heavy atom. The zero-order chi connectivity index (χ0) is 14.5. The number of hydrogen-bond donors (Lipinski definition) is 2. The number of rotatable bonds is 5. The van der Waals surface area contributed by atoms with Crippen molar-refractivity contribution in [3.05, 3.63) is 35.9 Å². The molecule has 2 aromatic rings. The third-order valence-corrected chi connectivity index (χ3v) is 2.94. The Morgan fingerprint density at radius 2 is 2.30 bits per heavy atom. The molecule has 0 unspecified atom stereocenters. The summed E-state index contributed by atoms with van der Waals surface area (Å²) in [5, 5.41) is 11.0. The van der Waals surface area contributed by atoms with E-state index >= 15 is 0 Å². The molecule has 106 valence electrons. The van der Waals surface area contributed by atoms with Crippen molar-refractivity contribution in [2.45, 2.75) is 6.42 Å². The second kappa shape index (κ2) is 6.05. The molecule has 0 saturated heterocycles. The van der Waals surface area contributed by atoms with Crippen LogP contribution in [0.4, 0.5) is 11.4 Å². The Kier molecular flexibility index (Phi) is 4.19. The highest BCUT2D eigenvalue weighted by atomic mass is 16.5. The first-order valence-electron chi connectivity index (χ1n) is 6.16. The average molecular weight is 275 g/mol. The summed E-state index contributed by atoms with van der Waals surface area (Å²) < 4.78 is 6.55. The normalized spacial score (nSPS) is 10.3. The lowest BCUT2D eigenvalue weighted by Crippen LogP contribution is -2.10. The quantitative estimate of drug-likeness (QED) is 0.620. The molecule has 1 aromatic heterocycles. The van der Waals surface area contributed by atoms with Crippen LogP contribution >= 0.6 is 0 Å². The first-order chi connectivity index (χ1) is 9.61. The number of nitrogens with one attached hydrogen (secondary N) is 1. The summed E-state index contributed by atoms with van der Waals surface area (Å²) in [6.07, 6.45) is 2.39. The lowest BCUT2D eigenvalue weighted by Gasteiger charge is -2.09. The van der Waals surface area contributed by atoms with Gasteiger partial charge in [-0.2, -0.15) is 0 Å². The van der Waals surface area contributed by atoms with Crippen LogP contribution in [0.5, 0.6) is 0 Å². The van der Waals surface area contributed by atoms with Crippen LogP contribution in [0, 0.1) is 0 Å². The van der Waals surface area contributed by atoms with Crippen LogP contribution in [0.15, 0.2) is 24.5 Å². The van der Waals surface area contributed by atoms with Gasteiger partial charge in [0.2, 0.25) is 0 Å². The first kappa shape index (κ1) is 13.9. The van der Waals surface area contributed by atoms with E-state index in [0.29, 0.717) is 17.8 Å². The highest BCUT2D eigenvalue weighted by molar-refractivity contribution is 5.96. The Bertz CT molecular complexity index is 609. The average Bonchev–Trinajstić information content (AvgIpc) is 2.85. The molecule has 2 rings (SSSR count). The highest BCUT2D eigenvalue weighted by Crippen LogP contribution is 2.18. The molecule has 0 fully saturated rings.